The number of rotatable bonds is 4. The number of amides is 1. The average molecular weight is 406 g/mol. The first-order chi connectivity index (χ1) is 14.6. The van der Waals surface area contributed by atoms with E-state index < -0.39 is 0 Å². The molecule has 5 rings (SSSR count). The molecule has 0 aliphatic carbocycles. The average Bonchev–Trinajstić information content (AvgIpc) is 3.21. The summed E-state index contributed by atoms with van der Waals surface area (Å²) in [7, 11) is 0. The maximum atomic E-state index is 12.8. The van der Waals surface area contributed by atoms with Gasteiger partial charge in [-0.1, -0.05) is 12.1 Å². The van der Waals surface area contributed by atoms with Crippen LogP contribution in [-0.2, 0) is 0 Å². The highest BCUT2D eigenvalue weighted by Gasteiger charge is 2.41. The van der Waals surface area contributed by atoms with Crippen LogP contribution < -0.4 is 15.8 Å². The number of aromatic nitrogens is 4. The Morgan fingerprint density at radius 2 is 2.13 bits per heavy atom. The monoisotopic (exact) mass is 406 g/mol. The minimum atomic E-state index is -0.246. The maximum Gasteiger partial charge on any atom is 0.269 e. The maximum absolute atomic E-state index is 12.8. The molecule has 9 nitrogen and oxygen atoms in total. The fourth-order valence-corrected chi connectivity index (χ4v) is 4.67. The van der Waals surface area contributed by atoms with Gasteiger partial charge in [0.25, 0.3) is 17.4 Å². The van der Waals surface area contributed by atoms with Crippen LogP contribution in [0.5, 0.6) is 0 Å². The smallest absolute Gasteiger partial charge is 0.269 e. The lowest BCUT2D eigenvalue weighted by Crippen LogP contribution is -2.52. The van der Waals surface area contributed by atoms with Gasteiger partial charge in [0.1, 0.15) is 5.69 Å². The predicted molar refractivity (Wildman–Crippen MR) is 108 cm³/mol. The molecule has 2 bridgehead atoms. The number of nitrogens with one attached hydrogen (secondary N) is 1. The normalized spacial score (nSPS) is 22.4. The first kappa shape index (κ1) is 18.5. The van der Waals surface area contributed by atoms with E-state index in [1.807, 2.05) is 10.6 Å². The molecule has 3 aromatic rings. The Morgan fingerprint density at radius 1 is 1.23 bits per heavy atom. The van der Waals surface area contributed by atoms with Crippen LogP contribution in [0.1, 0.15) is 40.5 Å². The van der Waals surface area contributed by atoms with Crippen LogP contribution in [0.15, 0.2) is 51.9 Å². The number of aryl methyl sites for hydroxylation is 1. The van der Waals surface area contributed by atoms with Gasteiger partial charge in [-0.25, -0.2) is 0 Å². The summed E-state index contributed by atoms with van der Waals surface area (Å²) in [5.74, 6) is 1.21. The molecule has 0 aromatic carbocycles. The highest BCUT2D eigenvalue weighted by Crippen LogP contribution is 2.41. The van der Waals surface area contributed by atoms with Gasteiger partial charge in [-0.3, -0.25) is 14.6 Å². The van der Waals surface area contributed by atoms with Crippen LogP contribution in [0.25, 0.3) is 0 Å². The van der Waals surface area contributed by atoms with Crippen molar-refractivity contribution in [2.75, 3.05) is 24.5 Å². The molecule has 1 N–H and O–H groups in total. The molecule has 30 heavy (non-hydrogen) atoms. The minimum Gasteiger partial charge on any atom is -0.349 e. The molecule has 3 atom stereocenters. The second-order valence-electron chi connectivity index (χ2n) is 7.86. The molecule has 1 fully saturated rings. The second kappa shape index (κ2) is 7.40. The number of fused-ring (bicyclic) bond motifs is 4. The fraction of sp³-hybridized carbons (Fsp3) is 0.381. The van der Waals surface area contributed by atoms with Crippen molar-refractivity contribution in [2.24, 2.45) is 5.92 Å². The highest BCUT2D eigenvalue weighted by molar-refractivity contribution is 5.92. The van der Waals surface area contributed by atoms with Crippen molar-refractivity contribution in [3.63, 3.8) is 0 Å². The summed E-state index contributed by atoms with van der Waals surface area (Å²) in [4.78, 5) is 35.9. The number of carbonyl (C=O) groups excluding carboxylic acids is 1. The molecule has 0 radical (unpaired) electrons. The summed E-state index contributed by atoms with van der Waals surface area (Å²) in [6.07, 6.45) is 2.53. The van der Waals surface area contributed by atoms with Gasteiger partial charge in [-0.2, -0.15) is 4.98 Å². The van der Waals surface area contributed by atoms with Crippen LogP contribution in [0.2, 0.25) is 0 Å². The molecule has 5 heterocycles. The molecule has 1 saturated heterocycles. The number of nitrogens with zero attached hydrogens (tertiary/aromatic N) is 5. The van der Waals surface area contributed by atoms with Crippen molar-refractivity contribution < 1.29 is 9.32 Å². The first-order valence-corrected chi connectivity index (χ1v) is 10.1. The Hall–Kier alpha value is -3.49. The molecule has 1 amide bonds. The lowest BCUT2D eigenvalue weighted by Gasteiger charge is -2.46. The van der Waals surface area contributed by atoms with Crippen molar-refractivity contribution in [1.82, 2.24) is 25.0 Å². The quantitative estimate of drug-likeness (QED) is 0.700. The Morgan fingerprint density at radius 3 is 2.90 bits per heavy atom. The van der Waals surface area contributed by atoms with Gasteiger partial charge in [-0.15, -0.1) is 0 Å². The molecule has 9 heteroatoms. The number of carbonyl (C=O) groups is 1. The van der Waals surface area contributed by atoms with E-state index in [4.69, 9.17) is 4.52 Å². The minimum absolute atomic E-state index is 0.0388. The van der Waals surface area contributed by atoms with Crippen LogP contribution in [0.4, 0.5) is 5.95 Å². The zero-order valence-electron chi connectivity index (χ0n) is 16.6. The third kappa shape index (κ3) is 3.26. The van der Waals surface area contributed by atoms with Gasteiger partial charge in [0.2, 0.25) is 5.89 Å². The molecule has 2 aliphatic rings. The Labute approximate surface area is 172 Å². The lowest BCUT2D eigenvalue weighted by atomic mass is 9.78. The van der Waals surface area contributed by atoms with E-state index in [2.05, 4.69) is 25.3 Å². The van der Waals surface area contributed by atoms with E-state index in [0.717, 1.165) is 18.7 Å². The Bertz CT molecular complexity index is 1130. The number of hydrogen-bond acceptors (Lipinski definition) is 7. The van der Waals surface area contributed by atoms with E-state index in [9.17, 15) is 9.59 Å². The number of piperidine rings is 1. The van der Waals surface area contributed by atoms with Crippen LogP contribution >= 0.6 is 0 Å². The Balaban J connectivity index is 1.44. The van der Waals surface area contributed by atoms with Gasteiger partial charge >= 0.3 is 0 Å². The van der Waals surface area contributed by atoms with E-state index >= 15 is 0 Å². The molecule has 2 aliphatic heterocycles. The topological polar surface area (TPSA) is 106 Å². The van der Waals surface area contributed by atoms with E-state index in [1.165, 1.54) is 0 Å². The van der Waals surface area contributed by atoms with Crippen molar-refractivity contribution >= 4 is 11.9 Å². The second-order valence-corrected chi connectivity index (χ2v) is 7.86. The van der Waals surface area contributed by atoms with E-state index in [-0.39, 0.29) is 29.3 Å². The van der Waals surface area contributed by atoms with Crippen LogP contribution in [0, 0.1) is 12.8 Å². The number of hydrogen-bond donors (Lipinski definition) is 1. The van der Waals surface area contributed by atoms with Gasteiger partial charge < -0.3 is 19.3 Å². The summed E-state index contributed by atoms with van der Waals surface area (Å²) in [6.45, 7) is 3.54. The summed E-state index contributed by atoms with van der Waals surface area (Å²) >= 11 is 0. The van der Waals surface area contributed by atoms with Crippen LogP contribution in [0.3, 0.4) is 0 Å². The molecule has 3 aromatic heterocycles. The SMILES string of the molecule is Cc1nc(N2C[C@H]3C[C@@H](C2)[C@H](CNC(=O)c2ccccn2)n2c3cccc2=O)no1. The van der Waals surface area contributed by atoms with Gasteiger partial charge in [-0.05, 0) is 35.7 Å². The summed E-state index contributed by atoms with van der Waals surface area (Å²) in [5, 5.41) is 7.04. The highest BCUT2D eigenvalue weighted by atomic mass is 16.5. The van der Waals surface area contributed by atoms with Crippen LogP contribution in [-0.4, -0.2) is 45.2 Å². The molecule has 0 unspecified atom stereocenters. The number of pyridine rings is 2. The van der Waals surface area contributed by atoms with Crippen molar-refractivity contribution in [3.8, 4) is 0 Å². The summed E-state index contributed by atoms with van der Waals surface area (Å²) in [6, 6.07) is 10.4. The first-order valence-electron chi connectivity index (χ1n) is 10.1. The standard InChI is InChI=1S/C21H22N6O3/c1-13-24-21(25-30-13)26-11-14-9-15(12-26)18(27-17(14)6-4-7-19(27)28)10-23-20(29)16-5-2-3-8-22-16/h2-8,14-15,18H,9-12H2,1H3,(H,23,29)/t14-,15+,18+/m1/s1. The van der Waals surface area contributed by atoms with Gasteiger partial charge in [0.15, 0.2) is 0 Å². The van der Waals surface area contributed by atoms with Crippen molar-refractivity contribution in [1.29, 1.82) is 0 Å². The fourth-order valence-electron chi connectivity index (χ4n) is 4.67. The molecule has 154 valence electrons. The predicted octanol–water partition coefficient (Wildman–Crippen LogP) is 1.53. The molecular formula is C21H22N6O3. The summed E-state index contributed by atoms with van der Waals surface area (Å²) < 4.78 is 7.02. The zero-order chi connectivity index (χ0) is 20.7. The lowest BCUT2D eigenvalue weighted by molar-refractivity contribution is 0.0929. The third-order valence-corrected chi connectivity index (χ3v) is 5.97. The largest absolute Gasteiger partial charge is 0.349 e. The Kier molecular flexibility index (Phi) is 4.57. The zero-order valence-corrected chi connectivity index (χ0v) is 16.6. The van der Waals surface area contributed by atoms with Crippen molar-refractivity contribution in [3.05, 3.63) is 70.2 Å². The third-order valence-electron chi connectivity index (χ3n) is 5.97. The van der Waals surface area contributed by atoms with Gasteiger partial charge in [0, 0.05) is 50.4 Å². The molecular weight excluding hydrogens is 384 g/mol. The van der Waals surface area contributed by atoms with E-state index in [1.54, 1.807) is 43.5 Å². The van der Waals surface area contributed by atoms with Gasteiger partial charge in [0.05, 0.1) is 6.04 Å². The van der Waals surface area contributed by atoms with E-state index in [0.29, 0.717) is 30.6 Å². The summed E-state index contributed by atoms with van der Waals surface area (Å²) in [5.41, 5.74) is 1.31. The number of anilines is 1. The molecule has 0 spiro atoms. The van der Waals surface area contributed by atoms with Crippen molar-refractivity contribution in [2.45, 2.75) is 25.3 Å². The molecule has 0 saturated carbocycles.